The Labute approximate surface area is 68.0 Å². The summed E-state index contributed by atoms with van der Waals surface area (Å²) >= 11 is 0. The lowest BCUT2D eigenvalue weighted by molar-refractivity contribution is 0.338. The molecule has 0 saturated heterocycles. The Bertz CT molecular complexity index is 241. The van der Waals surface area contributed by atoms with Gasteiger partial charge >= 0.3 is 0 Å². The van der Waals surface area contributed by atoms with Gasteiger partial charge in [0.2, 0.25) is 0 Å². The van der Waals surface area contributed by atoms with Crippen LogP contribution < -0.4 is 4.74 Å². The molecule has 1 aromatic carbocycles. The molecule has 0 saturated carbocycles. The first-order valence-corrected chi connectivity index (χ1v) is 3.80. The van der Waals surface area contributed by atoms with E-state index in [1.165, 1.54) is 0 Å². The highest BCUT2D eigenvalue weighted by Gasteiger charge is 1.98. The van der Waals surface area contributed by atoms with Crippen molar-refractivity contribution < 1.29 is 4.74 Å². The Balaban J connectivity index is 2.96. The van der Waals surface area contributed by atoms with Crippen LogP contribution in [0.1, 0.15) is 18.1 Å². The van der Waals surface area contributed by atoms with Crippen LogP contribution in [0.15, 0.2) is 18.2 Å². The fourth-order valence-electron chi connectivity index (χ4n) is 0.972. The van der Waals surface area contributed by atoms with Crippen LogP contribution in [0.25, 0.3) is 0 Å². The number of benzene rings is 1. The van der Waals surface area contributed by atoms with E-state index >= 15 is 0 Å². The van der Waals surface area contributed by atoms with E-state index in [2.05, 4.69) is 6.92 Å². The third-order valence-corrected chi connectivity index (χ3v) is 1.70. The van der Waals surface area contributed by atoms with Crippen LogP contribution in [-0.2, 0) is 0 Å². The summed E-state index contributed by atoms with van der Waals surface area (Å²) in [5.74, 6) is 0.944. The maximum Gasteiger partial charge on any atom is 0.122 e. The number of hydrogen-bond donors (Lipinski definition) is 0. The molecular formula is C10H13O. The lowest BCUT2D eigenvalue weighted by atomic mass is 10.1. The van der Waals surface area contributed by atoms with Crippen LogP contribution in [0, 0.1) is 13.8 Å². The highest BCUT2D eigenvalue weighted by atomic mass is 16.5. The fraction of sp³-hybridized carbons (Fsp3) is 0.300. The van der Waals surface area contributed by atoms with Crippen LogP contribution in [0.5, 0.6) is 5.75 Å². The van der Waals surface area contributed by atoms with Crippen molar-refractivity contribution in [3.8, 4) is 5.75 Å². The minimum atomic E-state index is 0.713. The van der Waals surface area contributed by atoms with Gasteiger partial charge in [-0.3, -0.25) is 0 Å². The van der Waals surface area contributed by atoms with Crippen molar-refractivity contribution >= 4 is 0 Å². The van der Waals surface area contributed by atoms with Crippen LogP contribution in [0.4, 0.5) is 0 Å². The smallest absolute Gasteiger partial charge is 0.122 e. The average molecular weight is 149 g/mol. The van der Waals surface area contributed by atoms with Gasteiger partial charge in [-0.05, 0) is 38.0 Å². The molecule has 0 N–H and O–H groups in total. The van der Waals surface area contributed by atoms with Gasteiger partial charge in [0.25, 0.3) is 0 Å². The van der Waals surface area contributed by atoms with E-state index in [1.54, 1.807) is 0 Å². The lowest BCUT2D eigenvalue weighted by Crippen LogP contribution is -1.94. The Morgan fingerprint density at radius 2 is 2.18 bits per heavy atom. The van der Waals surface area contributed by atoms with E-state index in [0.717, 1.165) is 16.9 Å². The van der Waals surface area contributed by atoms with Crippen molar-refractivity contribution in [2.75, 3.05) is 6.61 Å². The van der Waals surface area contributed by atoms with E-state index in [-0.39, 0.29) is 0 Å². The van der Waals surface area contributed by atoms with E-state index < -0.39 is 0 Å². The van der Waals surface area contributed by atoms with E-state index in [4.69, 9.17) is 4.74 Å². The molecule has 1 rings (SSSR count). The normalized spacial score (nSPS) is 9.73. The van der Waals surface area contributed by atoms with E-state index in [1.807, 2.05) is 32.0 Å². The SMILES string of the molecule is [CH2]c1cccc(OCC)c1C. The molecule has 0 amide bonds. The third kappa shape index (κ3) is 1.73. The molecule has 0 aliphatic heterocycles. The molecule has 0 fully saturated rings. The highest BCUT2D eigenvalue weighted by molar-refractivity contribution is 5.40. The van der Waals surface area contributed by atoms with Gasteiger partial charge < -0.3 is 4.74 Å². The van der Waals surface area contributed by atoms with Crippen LogP contribution >= 0.6 is 0 Å². The zero-order valence-corrected chi connectivity index (χ0v) is 7.05. The Morgan fingerprint density at radius 1 is 1.45 bits per heavy atom. The van der Waals surface area contributed by atoms with Gasteiger partial charge in [-0.15, -0.1) is 0 Å². The highest BCUT2D eigenvalue weighted by Crippen LogP contribution is 2.19. The predicted molar refractivity (Wildman–Crippen MR) is 46.8 cm³/mol. The Hall–Kier alpha value is -0.980. The van der Waals surface area contributed by atoms with Crippen molar-refractivity contribution in [3.63, 3.8) is 0 Å². The summed E-state index contributed by atoms with van der Waals surface area (Å²) in [5, 5.41) is 0. The lowest BCUT2D eigenvalue weighted by Gasteiger charge is -2.07. The van der Waals surface area contributed by atoms with E-state index in [9.17, 15) is 0 Å². The van der Waals surface area contributed by atoms with Crippen molar-refractivity contribution in [2.45, 2.75) is 13.8 Å². The standard InChI is InChI=1S/C10H13O/c1-4-11-10-7-5-6-8(2)9(10)3/h5-7H,2,4H2,1,3H3. The second-order valence-electron chi connectivity index (χ2n) is 2.47. The molecule has 1 radical (unpaired) electrons. The molecule has 1 nitrogen and oxygen atoms in total. The molecule has 1 aromatic rings. The second-order valence-corrected chi connectivity index (χ2v) is 2.47. The molecule has 11 heavy (non-hydrogen) atoms. The van der Waals surface area contributed by atoms with Gasteiger partial charge in [0.05, 0.1) is 6.61 Å². The van der Waals surface area contributed by atoms with Crippen molar-refractivity contribution in [1.29, 1.82) is 0 Å². The topological polar surface area (TPSA) is 9.23 Å². The van der Waals surface area contributed by atoms with Gasteiger partial charge in [0, 0.05) is 0 Å². The first-order chi connectivity index (χ1) is 5.25. The summed E-state index contributed by atoms with van der Waals surface area (Å²) in [4.78, 5) is 0. The van der Waals surface area contributed by atoms with E-state index in [0.29, 0.717) is 6.61 Å². The van der Waals surface area contributed by atoms with Gasteiger partial charge in [-0.1, -0.05) is 12.1 Å². The summed E-state index contributed by atoms with van der Waals surface area (Å²) < 4.78 is 5.38. The van der Waals surface area contributed by atoms with Crippen molar-refractivity contribution in [2.24, 2.45) is 0 Å². The largest absolute Gasteiger partial charge is 0.494 e. The molecule has 0 aliphatic carbocycles. The summed E-state index contributed by atoms with van der Waals surface area (Å²) in [6.07, 6.45) is 0. The molecule has 0 atom stereocenters. The average Bonchev–Trinajstić information content (AvgIpc) is 1.99. The molecule has 0 aliphatic rings. The maximum atomic E-state index is 5.38. The summed E-state index contributed by atoms with van der Waals surface area (Å²) in [5.41, 5.74) is 2.17. The molecule has 0 heterocycles. The van der Waals surface area contributed by atoms with Gasteiger partial charge in [0.1, 0.15) is 5.75 Å². The summed E-state index contributed by atoms with van der Waals surface area (Å²) in [7, 11) is 0. The predicted octanol–water partition coefficient (Wildman–Crippen LogP) is 2.58. The fourth-order valence-corrected chi connectivity index (χ4v) is 0.972. The second kappa shape index (κ2) is 3.42. The minimum Gasteiger partial charge on any atom is -0.494 e. The number of ether oxygens (including phenoxy) is 1. The first-order valence-electron chi connectivity index (χ1n) is 3.80. The van der Waals surface area contributed by atoms with Crippen LogP contribution in [0.3, 0.4) is 0 Å². The summed E-state index contributed by atoms with van der Waals surface area (Å²) in [6.45, 7) is 8.60. The van der Waals surface area contributed by atoms with Crippen LogP contribution in [-0.4, -0.2) is 6.61 Å². The molecular weight excluding hydrogens is 136 g/mol. The molecule has 0 spiro atoms. The molecule has 59 valence electrons. The van der Waals surface area contributed by atoms with Crippen LogP contribution in [0.2, 0.25) is 0 Å². The third-order valence-electron chi connectivity index (χ3n) is 1.70. The minimum absolute atomic E-state index is 0.713. The quantitative estimate of drug-likeness (QED) is 0.628. The monoisotopic (exact) mass is 149 g/mol. The maximum absolute atomic E-state index is 5.38. The van der Waals surface area contributed by atoms with Gasteiger partial charge in [-0.25, -0.2) is 0 Å². The summed E-state index contributed by atoms with van der Waals surface area (Å²) in [6, 6.07) is 5.91. The molecule has 0 bridgehead atoms. The number of rotatable bonds is 2. The number of hydrogen-bond acceptors (Lipinski definition) is 1. The Kier molecular flexibility index (Phi) is 2.53. The molecule has 1 heteroatoms. The molecule has 0 unspecified atom stereocenters. The zero-order valence-electron chi connectivity index (χ0n) is 7.05. The zero-order chi connectivity index (χ0) is 8.27. The first kappa shape index (κ1) is 8.12. The van der Waals surface area contributed by atoms with Crippen molar-refractivity contribution in [1.82, 2.24) is 0 Å². The molecule has 0 aromatic heterocycles. The Morgan fingerprint density at radius 3 is 2.82 bits per heavy atom. The van der Waals surface area contributed by atoms with Gasteiger partial charge in [0.15, 0.2) is 0 Å². The van der Waals surface area contributed by atoms with Gasteiger partial charge in [-0.2, -0.15) is 0 Å². The van der Waals surface area contributed by atoms with Crippen molar-refractivity contribution in [3.05, 3.63) is 36.2 Å².